The molecule has 1 amide bonds. The first kappa shape index (κ1) is 11.6. The van der Waals surface area contributed by atoms with E-state index in [2.05, 4.69) is 0 Å². The van der Waals surface area contributed by atoms with E-state index in [0.717, 1.165) is 4.88 Å². The summed E-state index contributed by atoms with van der Waals surface area (Å²) in [5.74, 6) is 0.0837. The fourth-order valence-corrected chi connectivity index (χ4v) is 2.47. The van der Waals surface area contributed by atoms with Gasteiger partial charge in [-0.2, -0.15) is 0 Å². The molecule has 1 aliphatic heterocycles. The summed E-state index contributed by atoms with van der Waals surface area (Å²) >= 11 is 1.47. The van der Waals surface area contributed by atoms with Crippen molar-refractivity contribution in [1.82, 2.24) is 4.90 Å². The molecule has 0 aliphatic carbocycles. The van der Waals surface area contributed by atoms with Crippen LogP contribution < -0.4 is 0 Å². The lowest BCUT2D eigenvalue weighted by atomic mass is 10.2. The molecule has 0 N–H and O–H groups in total. The van der Waals surface area contributed by atoms with E-state index in [1.165, 1.54) is 11.3 Å². The molecule has 0 saturated carbocycles. The van der Waals surface area contributed by atoms with Crippen LogP contribution >= 0.6 is 11.3 Å². The smallest absolute Gasteiger partial charge is 0.264 e. The molecule has 2 heterocycles. The molecule has 0 radical (unpaired) electrons. The molecule has 0 aromatic carbocycles. The number of carbonyl (C=O) groups is 1. The quantitative estimate of drug-likeness (QED) is 0.799. The van der Waals surface area contributed by atoms with Crippen LogP contribution in [0.1, 0.15) is 9.67 Å². The number of hydrogen-bond acceptors (Lipinski definition) is 4. The van der Waals surface area contributed by atoms with Gasteiger partial charge in [-0.05, 0) is 11.4 Å². The van der Waals surface area contributed by atoms with Crippen molar-refractivity contribution < 1.29 is 14.3 Å². The summed E-state index contributed by atoms with van der Waals surface area (Å²) in [5, 5.41) is 1.92. The molecule has 5 heteroatoms. The standard InChI is InChI=1S/C11H15NO3S/c1-14-7-9-8-15-5-4-12(9)11(13)10-3-2-6-16-10/h2-3,6,9H,4-5,7-8H2,1H3. The zero-order valence-corrected chi connectivity index (χ0v) is 10.0. The van der Waals surface area contributed by atoms with Crippen LogP contribution in [-0.2, 0) is 9.47 Å². The predicted molar refractivity (Wildman–Crippen MR) is 61.8 cm³/mol. The third kappa shape index (κ3) is 2.42. The second-order valence-corrected chi connectivity index (χ2v) is 4.61. The van der Waals surface area contributed by atoms with Crippen LogP contribution in [0.15, 0.2) is 17.5 Å². The van der Waals surface area contributed by atoms with Crippen molar-refractivity contribution in [1.29, 1.82) is 0 Å². The maximum absolute atomic E-state index is 12.2. The van der Waals surface area contributed by atoms with Gasteiger partial charge >= 0.3 is 0 Å². The Hall–Kier alpha value is -0.910. The van der Waals surface area contributed by atoms with E-state index in [1.807, 2.05) is 22.4 Å². The molecule has 1 aromatic heterocycles. The molecule has 88 valence electrons. The number of nitrogens with zero attached hydrogens (tertiary/aromatic N) is 1. The lowest BCUT2D eigenvalue weighted by Gasteiger charge is -2.34. The Morgan fingerprint density at radius 3 is 3.31 bits per heavy atom. The Labute approximate surface area is 98.8 Å². The first-order chi connectivity index (χ1) is 7.83. The van der Waals surface area contributed by atoms with E-state index in [0.29, 0.717) is 26.4 Å². The van der Waals surface area contributed by atoms with Gasteiger partial charge < -0.3 is 14.4 Å². The average molecular weight is 241 g/mol. The number of thiophene rings is 1. The van der Waals surface area contributed by atoms with Gasteiger partial charge in [-0.3, -0.25) is 4.79 Å². The highest BCUT2D eigenvalue weighted by Gasteiger charge is 2.28. The van der Waals surface area contributed by atoms with Crippen molar-refractivity contribution in [3.63, 3.8) is 0 Å². The highest BCUT2D eigenvalue weighted by Crippen LogP contribution is 2.16. The first-order valence-corrected chi connectivity index (χ1v) is 6.12. The lowest BCUT2D eigenvalue weighted by Crippen LogP contribution is -2.50. The van der Waals surface area contributed by atoms with Crippen molar-refractivity contribution >= 4 is 17.2 Å². The summed E-state index contributed by atoms with van der Waals surface area (Å²) in [4.78, 5) is 14.8. The molecule has 2 rings (SSSR count). The second kappa shape index (κ2) is 5.43. The maximum atomic E-state index is 12.2. The minimum Gasteiger partial charge on any atom is -0.382 e. The predicted octanol–water partition coefficient (Wildman–Crippen LogP) is 1.24. The number of rotatable bonds is 3. The largest absolute Gasteiger partial charge is 0.382 e. The van der Waals surface area contributed by atoms with Crippen molar-refractivity contribution in [3.8, 4) is 0 Å². The third-order valence-corrected chi connectivity index (χ3v) is 3.44. The average Bonchev–Trinajstić information content (AvgIpc) is 2.83. The minimum atomic E-state index is 0.0355. The van der Waals surface area contributed by atoms with Crippen molar-refractivity contribution in [2.75, 3.05) is 33.5 Å². The lowest BCUT2D eigenvalue weighted by molar-refractivity contribution is -0.0249. The Morgan fingerprint density at radius 2 is 2.62 bits per heavy atom. The second-order valence-electron chi connectivity index (χ2n) is 3.66. The highest BCUT2D eigenvalue weighted by molar-refractivity contribution is 7.12. The molecule has 1 unspecified atom stereocenters. The van der Waals surface area contributed by atoms with Crippen LogP contribution in [0.2, 0.25) is 0 Å². The first-order valence-electron chi connectivity index (χ1n) is 5.24. The zero-order chi connectivity index (χ0) is 11.4. The molecule has 0 bridgehead atoms. The summed E-state index contributed by atoms with van der Waals surface area (Å²) in [7, 11) is 1.64. The van der Waals surface area contributed by atoms with E-state index in [1.54, 1.807) is 7.11 Å². The molecule has 4 nitrogen and oxygen atoms in total. The van der Waals surface area contributed by atoms with Crippen molar-refractivity contribution in [2.24, 2.45) is 0 Å². The van der Waals surface area contributed by atoms with Crippen LogP contribution in [-0.4, -0.2) is 50.3 Å². The van der Waals surface area contributed by atoms with Gasteiger partial charge in [0.25, 0.3) is 5.91 Å². The topological polar surface area (TPSA) is 38.8 Å². The molecule has 1 aromatic rings. The highest BCUT2D eigenvalue weighted by atomic mass is 32.1. The van der Waals surface area contributed by atoms with Gasteiger partial charge in [-0.15, -0.1) is 11.3 Å². The summed E-state index contributed by atoms with van der Waals surface area (Å²) in [6.07, 6.45) is 0. The number of amides is 1. The number of carbonyl (C=O) groups excluding carboxylic acids is 1. The molecular formula is C11H15NO3S. The fourth-order valence-electron chi connectivity index (χ4n) is 1.79. The minimum absolute atomic E-state index is 0.0355. The van der Waals surface area contributed by atoms with Gasteiger partial charge in [0.1, 0.15) is 0 Å². The van der Waals surface area contributed by atoms with E-state index in [9.17, 15) is 4.79 Å². The van der Waals surface area contributed by atoms with E-state index in [4.69, 9.17) is 9.47 Å². The van der Waals surface area contributed by atoms with Crippen LogP contribution in [0.5, 0.6) is 0 Å². The zero-order valence-electron chi connectivity index (χ0n) is 9.22. The summed E-state index contributed by atoms with van der Waals surface area (Å²) in [6, 6.07) is 3.78. The van der Waals surface area contributed by atoms with Crippen LogP contribution in [0.25, 0.3) is 0 Å². The monoisotopic (exact) mass is 241 g/mol. The van der Waals surface area contributed by atoms with Gasteiger partial charge in [0.2, 0.25) is 0 Å². The normalized spacial score (nSPS) is 21.1. The van der Waals surface area contributed by atoms with Gasteiger partial charge in [0.15, 0.2) is 0 Å². The van der Waals surface area contributed by atoms with Crippen molar-refractivity contribution in [2.45, 2.75) is 6.04 Å². The molecule has 1 aliphatic rings. The van der Waals surface area contributed by atoms with Gasteiger partial charge in [-0.1, -0.05) is 6.07 Å². The Balaban J connectivity index is 2.08. The summed E-state index contributed by atoms with van der Waals surface area (Å²) in [6.45, 7) is 2.34. The fraction of sp³-hybridized carbons (Fsp3) is 0.545. The molecule has 0 spiro atoms. The number of hydrogen-bond donors (Lipinski definition) is 0. The van der Waals surface area contributed by atoms with E-state index >= 15 is 0 Å². The van der Waals surface area contributed by atoms with E-state index in [-0.39, 0.29) is 11.9 Å². The van der Waals surface area contributed by atoms with Gasteiger partial charge in [0.05, 0.1) is 30.7 Å². The SMILES string of the molecule is COCC1COCCN1C(=O)c1cccs1. The summed E-state index contributed by atoms with van der Waals surface area (Å²) in [5.41, 5.74) is 0. The van der Waals surface area contributed by atoms with E-state index < -0.39 is 0 Å². The number of methoxy groups -OCH3 is 1. The maximum Gasteiger partial charge on any atom is 0.264 e. The molecule has 1 fully saturated rings. The molecule has 1 saturated heterocycles. The van der Waals surface area contributed by atoms with Crippen LogP contribution in [0.4, 0.5) is 0 Å². The summed E-state index contributed by atoms with van der Waals surface area (Å²) < 4.78 is 10.5. The van der Waals surface area contributed by atoms with Gasteiger partial charge in [-0.25, -0.2) is 0 Å². The van der Waals surface area contributed by atoms with Crippen molar-refractivity contribution in [3.05, 3.63) is 22.4 Å². The Morgan fingerprint density at radius 1 is 1.75 bits per heavy atom. The van der Waals surface area contributed by atoms with Gasteiger partial charge in [0, 0.05) is 13.7 Å². The number of morpholine rings is 1. The molecule has 16 heavy (non-hydrogen) atoms. The molecule has 1 atom stereocenters. The molecular weight excluding hydrogens is 226 g/mol. The third-order valence-electron chi connectivity index (χ3n) is 2.58. The van der Waals surface area contributed by atoms with Crippen LogP contribution in [0, 0.1) is 0 Å². The Bertz CT molecular complexity index is 337. The Kier molecular flexibility index (Phi) is 3.93. The van der Waals surface area contributed by atoms with Crippen LogP contribution in [0.3, 0.4) is 0 Å². The number of ether oxygens (including phenoxy) is 2.